The predicted molar refractivity (Wildman–Crippen MR) is 108 cm³/mol. The number of aryl methyl sites for hydroxylation is 1. The van der Waals surface area contributed by atoms with Crippen LogP contribution >= 0.6 is 23.4 Å². The summed E-state index contributed by atoms with van der Waals surface area (Å²) < 4.78 is 9.74. The van der Waals surface area contributed by atoms with Crippen molar-refractivity contribution < 1.29 is 4.74 Å². The van der Waals surface area contributed by atoms with Crippen LogP contribution in [0.3, 0.4) is 0 Å². The summed E-state index contributed by atoms with van der Waals surface area (Å²) >= 11 is 7.60. The highest BCUT2D eigenvalue weighted by atomic mass is 35.5. The van der Waals surface area contributed by atoms with Gasteiger partial charge in [0.25, 0.3) is 5.56 Å². The van der Waals surface area contributed by atoms with Crippen molar-refractivity contribution in [3.05, 3.63) is 55.7 Å². The molecule has 0 radical (unpaired) electrons. The molecule has 0 fully saturated rings. The van der Waals surface area contributed by atoms with E-state index >= 15 is 0 Å². The van der Waals surface area contributed by atoms with Crippen molar-refractivity contribution in [1.29, 1.82) is 0 Å². The van der Waals surface area contributed by atoms with E-state index in [1.165, 1.54) is 23.4 Å². The fraction of sp³-hybridized carbons (Fsp3) is 0.389. The smallest absolute Gasteiger partial charge is 0.332 e. The minimum absolute atomic E-state index is 0.362. The molecule has 0 amide bonds. The molecule has 0 atom stereocenters. The van der Waals surface area contributed by atoms with Gasteiger partial charge in [-0.3, -0.25) is 13.9 Å². The van der Waals surface area contributed by atoms with Crippen LogP contribution in [-0.2, 0) is 25.4 Å². The number of ether oxygens (including phenoxy) is 1. The topological polar surface area (TPSA) is 71.1 Å². The van der Waals surface area contributed by atoms with Crippen molar-refractivity contribution in [1.82, 2.24) is 18.7 Å². The first-order valence-electron chi connectivity index (χ1n) is 8.55. The largest absolute Gasteiger partial charge is 0.381 e. The average molecular weight is 409 g/mol. The predicted octanol–water partition coefficient (Wildman–Crippen LogP) is 2.26. The fourth-order valence-corrected chi connectivity index (χ4v) is 3.90. The summed E-state index contributed by atoms with van der Waals surface area (Å²) in [7, 11) is 3.10. The molecular weight excluding hydrogens is 388 g/mol. The molecule has 3 rings (SSSR count). The molecule has 9 heteroatoms. The number of rotatable bonds is 7. The van der Waals surface area contributed by atoms with E-state index in [1.807, 2.05) is 29.7 Å². The summed E-state index contributed by atoms with van der Waals surface area (Å²) in [5.74, 6) is 0.695. The molecule has 0 saturated heterocycles. The molecule has 0 unspecified atom stereocenters. The summed E-state index contributed by atoms with van der Waals surface area (Å²) in [4.78, 5) is 29.6. The van der Waals surface area contributed by atoms with E-state index in [9.17, 15) is 9.59 Å². The first kappa shape index (κ1) is 19.7. The lowest BCUT2D eigenvalue weighted by atomic mass is 10.2. The molecule has 2 aromatic heterocycles. The SMILES string of the molecule is CCOCCSc1nc2c(c(=O)n(C)c(=O)n2C)n1Cc1cccc(Cl)c1. The van der Waals surface area contributed by atoms with Crippen LogP contribution in [0.25, 0.3) is 11.2 Å². The maximum absolute atomic E-state index is 12.8. The highest BCUT2D eigenvalue weighted by Crippen LogP contribution is 2.23. The lowest BCUT2D eigenvalue weighted by molar-refractivity contribution is 0.164. The lowest BCUT2D eigenvalue weighted by Crippen LogP contribution is -2.37. The third-order valence-electron chi connectivity index (χ3n) is 4.21. The number of benzene rings is 1. The van der Waals surface area contributed by atoms with Gasteiger partial charge in [0.15, 0.2) is 16.3 Å². The van der Waals surface area contributed by atoms with Crippen molar-refractivity contribution in [3.63, 3.8) is 0 Å². The second kappa shape index (κ2) is 8.33. The van der Waals surface area contributed by atoms with Crippen LogP contribution in [-0.4, -0.2) is 37.7 Å². The molecule has 2 heterocycles. The summed E-state index contributed by atoms with van der Waals surface area (Å²) in [6.45, 7) is 3.60. The van der Waals surface area contributed by atoms with Gasteiger partial charge in [-0.05, 0) is 24.6 Å². The zero-order valence-electron chi connectivity index (χ0n) is 15.4. The second-order valence-electron chi connectivity index (χ2n) is 6.03. The molecule has 0 N–H and O–H groups in total. The highest BCUT2D eigenvalue weighted by Gasteiger charge is 2.19. The Morgan fingerprint density at radius 3 is 2.70 bits per heavy atom. The molecule has 7 nitrogen and oxygen atoms in total. The van der Waals surface area contributed by atoms with E-state index in [-0.39, 0.29) is 5.56 Å². The van der Waals surface area contributed by atoms with E-state index in [2.05, 4.69) is 4.98 Å². The highest BCUT2D eigenvalue weighted by molar-refractivity contribution is 7.99. The normalized spacial score (nSPS) is 11.4. The number of nitrogens with zero attached hydrogens (tertiary/aromatic N) is 4. The Morgan fingerprint density at radius 1 is 1.22 bits per heavy atom. The maximum atomic E-state index is 12.8. The monoisotopic (exact) mass is 408 g/mol. The first-order valence-corrected chi connectivity index (χ1v) is 9.91. The van der Waals surface area contributed by atoms with Gasteiger partial charge < -0.3 is 9.30 Å². The van der Waals surface area contributed by atoms with Crippen LogP contribution in [0.4, 0.5) is 0 Å². The van der Waals surface area contributed by atoms with Crippen LogP contribution in [0.5, 0.6) is 0 Å². The molecule has 0 aliphatic heterocycles. The van der Waals surface area contributed by atoms with Gasteiger partial charge >= 0.3 is 5.69 Å². The zero-order chi connectivity index (χ0) is 19.6. The average Bonchev–Trinajstić information content (AvgIpc) is 3.00. The molecular formula is C18H21ClN4O3S. The Kier molecular flexibility index (Phi) is 6.08. The standard InChI is InChI=1S/C18H21ClN4O3S/c1-4-26-8-9-27-17-20-15-14(16(24)22(3)18(25)21(15)2)23(17)11-12-6-5-7-13(19)10-12/h5-7,10H,4,8-9,11H2,1-3H3. The lowest BCUT2D eigenvalue weighted by Gasteiger charge is -2.10. The summed E-state index contributed by atoms with van der Waals surface area (Å²) in [5.41, 5.74) is 0.969. The van der Waals surface area contributed by atoms with Crippen LogP contribution in [0.1, 0.15) is 12.5 Å². The van der Waals surface area contributed by atoms with Gasteiger partial charge in [0.2, 0.25) is 0 Å². The Balaban J connectivity index is 2.14. The van der Waals surface area contributed by atoms with Crippen molar-refractivity contribution >= 4 is 34.5 Å². The number of hydrogen-bond donors (Lipinski definition) is 0. The Hall–Kier alpha value is -2.03. The number of fused-ring (bicyclic) bond motifs is 1. The van der Waals surface area contributed by atoms with E-state index in [4.69, 9.17) is 16.3 Å². The minimum atomic E-state index is -0.397. The second-order valence-corrected chi connectivity index (χ2v) is 7.53. The third kappa shape index (κ3) is 3.97. The summed E-state index contributed by atoms with van der Waals surface area (Å²) in [6, 6.07) is 7.47. The third-order valence-corrected chi connectivity index (χ3v) is 5.38. The van der Waals surface area contributed by atoms with Crippen molar-refractivity contribution in [2.45, 2.75) is 18.6 Å². The van der Waals surface area contributed by atoms with Crippen LogP contribution in [0.15, 0.2) is 39.0 Å². The van der Waals surface area contributed by atoms with Gasteiger partial charge in [0.05, 0.1) is 13.2 Å². The van der Waals surface area contributed by atoms with Crippen molar-refractivity contribution in [3.8, 4) is 0 Å². The van der Waals surface area contributed by atoms with Crippen LogP contribution < -0.4 is 11.2 Å². The Bertz CT molecular complexity index is 1090. The van der Waals surface area contributed by atoms with Gasteiger partial charge in [-0.1, -0.05) is 35.5 Å². The van der Waals surface area contributed by atoms with Crippen molar-refractivity contribution in [2.75, 3.05) is 19.0 Å². The maximum Gasteiger partial charge on any atom is 0.332 e. The Labute approximate surface area is 165 Å². The minimum Gasteiger partial charge on any atom is -0.381 e. The van der Waals surface area contributed by atoms with E-state index in [0.717, 1.165) is 10.1 Å². The summed E-state index contributed by atoms with van der Waals surface area (Å²) in [6.07, 6.45) is 0. The fourth-order valence-electron chi connectivity index (χ4n) is 2.84. The summed E-state index contributed by atoms with van der Waals surface area (Å²) in [5, 5.41) is 1.30. The molecule has 1 aromatic carbocycles. The van der Waals surface area contributed by atoms with Gasteiger partial charge in [-0.2, -0.15) is 0 Å². The molecule has 0 spiro atoms. The van der Waals surface area contributed by atoms with Gasteiger partial charge in [0.1, 0.15) is 0 Å². The molecule has 0 aliphatic carbocycles. The molecule has 27 heavy (non-hydrogen) atoms. The van der Waals surface area contributed by atoms with E-state index in [0.29, 0.717) is 46.9 Å². The van der Waals surface area contributed by atoms with Gasteiger partial charge in [-0.25, -0.2) is 9.78 Å². The molecule has 0 saturated carbocycles. The first-order chi connectivity index (χ1) is 12.9. The van der Waals surface area contributed by atoms with Crippen molar-refractivity contribution in [2.24, 2.45) is 14.1 Å². The molecule has 0 aliphatic rings. The van der Waals surface area contributed by atoms with Gasteiger partial charge in [-0.15, -0.1) is 0 Å². The number of halogens is 1. The van der Waals surface area contributed by atoms with Gasteiger partial charge in [0, 0.05) is 31.5 Å². The van der Waals surface area contributed by atoms with E-state index in [1.54, 1.807) is 13.1 Å². The van der Waals surface area contributed by atoms with E-state index < -0.39 is 5.69 Å². The number of aromatic nitrogens is 4. The Morgan fingerprint density at radius 2 is 2.00 bits per heavy atom. The number of hydrogen-bond acceptors (Lipinski definition) is 5. The van der Waals surface area contributed by atoms with Crippen LogP contribution in [0, 0.1) is 0 Å². The zero-order valence-corrected chi connectivity index (χ0v) is 17.0. The molecule has 144 valence electrons. The molecule has 0 bridgehead atoms. The van der Waals surface area contributed by atoms with Crippen LogP contribution in [0.2, 0.25) is 5.02 Å². The molecule has 3 aromatic rings. The number of thioether (sulfide) groups is 1. The number of imidazole rings is 1. The quantitative estimate of drug-likeness (QED) is 0.443.